The van der Waals surface area contributed by atoms with Gasteiger partial charge in [-0.05, 0) is 68.9 Å². The van der Waals surface area contributed by atoms with E-state index >= 15 is 0 Å². The first-order chi connectivity index (χ1) is 15.3. The smallest absolute Gasteiger partial charge is 0.261 e. The topological polar surface area (TPSA) is 80.1 Å². The highest BCUT2D eigenvalue weighted by Crippen LogP contribution is 2.26. The second-order valence-corrected chi connectivity index (χ2v) is 11.2. The molecule has 1 aromatic heterocycles. The summed E-state index contributed by atoms with van der Waals surface area (Å²) in [6.07, 6.45) is 3.98. The summed E-state index contributed by atoms with van der Waals surface area (Å²) in [5.41, 5.74) is 2.12. The molecule has 32 heavy (non-hydrogen) atoms. The summed E-state index contributed by atoms with van der Waals surface area (Å²) in [6.45, 7) is 6.00. The molecule has 0 radical (unpaired) electrons. The van der Waals surface area contributed by atoms with Crippen molar-refractivity contribution in [3.8, 4) is 5.75 Å². The number of benzene rings is 1. The third-order valence-electron chi connectivity index (χ3n) is 6.17. The second-order valence-electron chi connectivity index (χ2n) is 8.98. The molecule has 2 fully saturated rings. The van der Waals surface area contributed by atoms with E-state index in [1.54, 1.807) is 4.90 Å². The number of aryl methyl sites for hydroxylation is 2. The molecule has 3 heterocycles. The number of piperidine rings is 1. The number of carbonyl (C=O) groups excluding carboxylic acids is 1. The molecular weight excluding hydrogens is 428 g/mol. The van der Waals surface area contributed by atoms with Gasteiger partial charge in [0.15, 0.2) is 22.3 Å². The zero-order valence-electron chi connectivity index (χ0n) is 18.9. The summed E-state index contributed by atoms with van der Waals surface area (Å²) in [4.78, 5) is 17.0. The van der Waals surface area contributed by atoms with Crippen molar-refractivity contribution in [2.45, 2.75) is 52.1 Å². The summed E-state index contributed by atoms with van der Waals surface area (Å²) in [7, 11) is -3.13. The summed E-state index contributed by atoms with van der Waals surface area (Å²) in [5, 5.41) is 0. The molecule has 2 aliphatic heterocycles. The average Bonchev–Trinajstić information content (AvgIpc) is 3.36. The van der Waals surface area contributed by atoms with Gasteiger partial charge in [0.05, 0.1) is 18.1 Å². The molecule has 174 valence electrons. The van der Waals surface area contributed by atoms with Crippen LogP contribution in [0.1, 0.15) is 42.6 Å². The second kappa shape index (κ2) is 9.57. The van der Waals surface area contributed by atoms with Gasteiger partial charge in [0.25, 0.3) is 5.91 Å². The number of carbonyl (C=O) groups is 1. The normalized spacial score (nSPS) is 20.3. The van der Waals surface area contributed by atoms with E-state index in [1.165, 1.54) is 6.42 Å². The minimum Gasteiger partial charge on any atom is -0.484 e. The van der Waals surface area contributed by atoms with Crippen LogP contribution in [0, 0.1) is 13.8 Å². The Bertz CT molecular complexity index is 1040. The predicted molar refractivity (Wildman–Crippen MR) is 124 cm³/mol. The number of anilines is 1. The van der Waals surface area contributed by atoms with E-state index in [-0.39, 0.29) is 36.6 Å². The standard InChI is InChI=1S/C24H32N2O5S/c1-18-12-19(2)14-22(13-18)30-16-23(27)26(20-8-11-32(28,29)17-20)15-21-6-7-24(31-21)25-9-4-3-5-10-25/h6-7,12-14,20H,3-5,8-11,15-17H2,1-2H3. The highest BCUT2D eigenvalue weighted by atomic mass is 32.2. The van der Waals surface area contributed by atoms with Gasteiger partial charge in [-0.2, -0.15) is 0 Å². The van der Waals surface area contributed by atoms with Crippen molar-refractivity contribution in [3.05, 3.63) is 47.2 Å². The van der Waals surface area contributed by atoms with E-state index in [0.717, 1.165) is 42.9 Å². The zero-order valence-corrected chi connectivity index (χ0v) is 19.7. The number of ether oxygens (including phenoxy) is 1. The van der Waals surface area contributed by atoms with E-state index in [0.29, 0.717) is 17.9 Å². The van der Waals surface area contributed by atoms with Crippen LogP contribution < -0.4 is 9.64 Å². The maximum Gasteiger partial charge on any atom is 0.261 e. The summed E-state index contributed by atoms with van der Waals surface area (Å²) in [6, 6.07) is 9.30. The molecule has 0 spiro atoms. The molecule has 0 N–H and O–H groups in total. The SMILES string of the molecule is Cc1cc(C)cc(OCC(=O)N(Cc2ccc(N3CCCCC3)o2)C2CCS(=O)(=O)C2)c1. The maximum atomic E-state index is 13.2. The number of hydrogen-bond donors (Lipinski definition) is 0. The fraction of sp³-hybridized carbons (Fsp3) is 0.542. The van der Waals surface area contributed by atoms with Crippen LogP contribution in [0.3, 0.4) is 0 Å². The van der Waals surface area contributed by atoms with Crippen LogP contribution in [0.4, 0.5) is 5.88 Å². The summed E-state index contributed by atoms with van der Waals surface area (Å²) in [5.74, 6) is 1.98. The molecule has 1 amide bonds. The molecule has 0 bridgehead atoms. The minimum absolute atomic E-state index is 0.0119. The van der Waals surface area contributed by atoms with Crippen molar-refractivity contribution in [3.63, 3.8) is 0 Å². The molecule has 2 aliphatic rings. The van der Waals surface area contributed by atoms with Crippen molar-refractivity contribution >= 4 is 21.6 Å². The first-order valence-corrected chi connectivity index (χ1v) is 13.2. The third-order valence-corrected chi connectivity index (χ3v) is 7.92. The zero-order chi connectivity index (χ0) is 22.7. The van der Waals surface area contributed by atoms with E-state index in [4.69, 9.17) is 9.15 Å². The van der Waals surface area contributed by atoms with Crippen LogP contribution in [-0.4, -0.2) is 56.5 Å². The van der Waals surface area contributed by atoms with Gasteiger partial charge in [0, 0.05) is 25.2 Å². The molecular formula is C24H32N2O5S. The maximum absolute atomic E-state index is 13.2. The highest BCUT2D eigenvalue weighted by molar-refractivity contribution is 7.91. The van der Waals surface area contributed by atoms with Crippen molar-refractivity contribution in [2.75, 3.05) is 36.1 Å². The van der Waals surface area contributed by atoms with Crippen molar-refractivity contribution in [2.24, 2.45) is 0 Å². The fourth-order valence-electron chi connectivity index (χ4n) is 4.59. The minimum atomic E-state index is -3.13. The molecule has 0 saturated carbocycles. The number of nitrogens with zero attached hydrogens (tertiary/aromatic N) is 2. The molecule has 1 atom stereocenters. The van der Waals surface area contributed by atoms with E-state index in [1.807, 2.05) is 44.2 Å². The molecule has 1 aromatic carbocycles. The Morgan fingerprint density at radius 1 is 1.12 bits per heavy atom. The summed E-state index contributed by atoms with van der Waals surface area (Å²) < 4.78 is 36.0. The van der Waals surface area contributed by atoms with Gasteiger partial charge in [-0.15, -0.1) is 0 Å². The van der Waals surface area contributed by atoms with Gasteiger partial charge in [-0.3, -0.25) is 4.79 Å². The highest BCUT2D eigenvalue weighted by Gasteiger charge is 2.35. The van der Waals surface area contributed by atoms with Crippen molar-refractivity contribution < 1.29 is 22.4 Å². The lowest BCUT2D eigenvalue weighted by atomic mass is 10.1. The number of rotatable bonds is 7. The fourth-order valence-corrected chi connectivity index (χ4v) is 6.32. The van der Waals surface area contributed by atoms with Gasteiger partial charge < -0.3 is 19.0 Å². The predicted octanol–water partition coefficient (Wildman–Crippen LogP) is 3.48. The lowest BCUT2D eigenvalue weighted by molar-refractivity contribution is -0.136. The summed E-state index contributed by atoms with van der Waals surface area (Å²) >= 11 is 0. The molecule has 2 saturated heterocycles. The first kappa shape index (κ1) is 22.7. The Morgan fingerprint density at radius 2 is 1.84 bits per heavy atom. The average molecular weight is 461 g/mol. The van der Waals surface area contributed by atoms with E-state index < -0.39 is 9.84 Å². The van der Waals surface area contributed by atoms with Crippen LogP contribution in [0.5, 0.6) is 5.75 Å². The molecule has 2 aromatic rings. The van der Waals surface area contributed by atoms with Crippen LogP contribution >= 0.6 is 0 Å². The Kier molecular flexibility index (Phi) is 6.79. The van der Waals surface area contributed by atoms with Gasteiger partial charge >= 0.3 is 0 Å². The van der Waals surface area contributed by atoms with Crippen LogP contribution in [-0.2, 0) is 21.2 Å². The van der Waals surface area contributed by atoms with E-state index in [9.17, 15) is 13.2 Å². The number of hydrogen-bond acceptors (Lipinski definition) is 6. The van der Waals surface area contributed by atoms with Gasteiger partial charge in [0.2, 0.25) is 0 Å². The number of amides is 1. The largest absolute Gasteiger partial charge is 0.484 e. The van der Waals surface area contributed by atoms with E-state index in [2.05, 4.69) is 4.90 Å². The molecule has 1 unspecified atom stereocenters. The van der Waals surface area contributed by atoms with Crippen molar-refractivity contribution in [1.29, 1.82) is 0 Å². The first-order valence-electron chi connectivity index (χ1n) is 11.3. The quantitative estimate of drug-likeness (QED) is 0.629. The van der Waals surface area contributed by atoms with Crippen molar-refractivity contribution in [1.82, 2.24) is 4.90 Å². The Labute approximate surface area is 190 Å². The van der Waals surface area contributed by atoms with Gasteiger partial charge in [-0.25, -0.2) is 8.42 Å². The Morgan fingerprint density at radius 3 is 2.50 bits per heavy atom. The van der Waals surface area contributed by atoms with Crippen LogP contribution in [0.25, 0.3) is 0 Å². The Balaban J connectivity index is 1.47. The molecule has 8 heteroatoms. The lowest BCUT2D eigenvalue weighted by Gasteiger charge is -2.28. The molecule has 4 rings (SSSR count). The molecule has 0 aliphatic carbocycles. The monoisotopic (exact) mass is 460 g/mol. The number of furan rings is 1. The molecule has 7 nitrogen and oxygen atoms in total. The Hall–Kier alpha value is -2.48. The van der Waals surface area contributed by atoms with Crippen LogP contribution in [0.2, 0.25) is 0 Å². The lowest BCUT2D eigenvalue weighted by Crippen LogP contribution is -2.43. The van der Waals surface area contributed by atoms with Crippen LogP contribution in [0.15, 0.2) is 34.7 Å². The number of sulfone groups is 1. The third kappa shape index (κ3) is 5.65. The van der Waals surface area contributed by atoms with Gasteiger partial charge in [0.1, 0.15) is 11.5 Å². The van der Waals surface area contributed by atoms with Gasteiger partial charge in [-0.1, -0.05) is 6.07 Å².